The lowest BCUT2D eigenvalue weighted by Crippen LogP contribution is -2.38. The molecular weight excluding hydrogens is 523 g/mol. The van der Waals surface area contributed by atoms with E-state index in [1.807, 2.05) is 23.6 Å². The Morgan fingerprint density at radius 3 is 2.84 bits per heavy atom. The second-order valence-electron chi connectivity index (χ2n) is 6.90. The zero-order chi connectivity index (χ0) is 20.8. The number of fused-ring (bicyclic) bond motifs is 1. The van der Waals surface area contributed by atoms with Gasteiger partial charge in [-0.2, -0.15) is 0 Å². The zero-order valence-corrected chi connectivity index (χ0v) is 20.8. The highest BCUT2D eigenvalue weighted by Crippen LogP contribution is 2.23. The molecule has 0 aliphatic rings. The molecule has 0 unspecified atom stereocenters. The molecule has 0 saturated heterocycles. The standard InChI is InChI=1S/C22H26N6OS.HI/c1-3-23-22(25-14-17-15-29-21(27-17)20-10-6-13-30-20)24-11-7-12-28-16(2)26-18-8-4-5-9-19(18)28;/h4-6,8-10,13,15H,3,7,11-12,14H2,1-2H3,(H2,23,24,25);1H. The predicted molar refractivity (Wildman–Crippen MR) is 137 cm³/mol. The third-order valence-corrected chi connectivity index (χ3v) is 5.58. The zero-order valence-electron chi connectivity index (χ0n) is 17.7. The van der Waals surface area contributed by atoms with Crippen LogP contribution in [0, 0.1) is 6.92 Å². The van der Waals surface area contributed by atoms with Crippen LogP contribution in [0.4, 0.5) is 0 Å². The van der Waals surface area contributed by atoms with Gasteiger partial charge in [0.05, 0.1) is 22.5 Å². The molecule has 0 bridgehead atoms. The number of halogens is 1. The van der Waals surface area contributed by atoms with Gasteiger partial charge in [0, 0.05) is 19.6 Å². The first kappa shape index (κ1) is 23.3. The number of aromatic nitrogens is 3. The van der Waals surface area contributed by atoms with Gasteiger partial charge in [-0.3, -0.25) is 0 Å². The molecule has 2 N–H and O–H groups in total. The number of aliphatic imine (C=N–C) groups is 1. The number of guanidine groups is 1. The highest BCUT2D eigenvalue weighted by Gasteiger charge is 2.08. The number of oxazole rings is 1. The van der Waals surface area contributed by atoms with E-state index in [1.165, 1.54) is 5.52 Å². The van der Waals surface area contributed by atoms with Gasteiger partial charge in [-0.1, -0.05) is 18.2 Å². The van der Waals surface area contributed by atoms with E-state index in [9.17, 15) is 0 Å². The number of rotatable bonds is 8. The molecule has 0 saturated carbocycles. The molecule has 9 heteroatoms. The first-order valence-electron chi connectivity index (χ1n) is 10.2. The number of para-hydroxylation sites is 2. The topological polar surface area (TPSA) is 80.3 Å². The fourth-order valence-corrected chi connectivity index (χ4v) is 3.97. The van der Waals surface area contributed by atoms with Crippen molar-refractivity contribution in [2.45, 2.75) is 33.4 Å². The molecule has 3 heterocycles. The van der Waals surface area contributed by atoms with E-state index in [0.29, 0.717) is 12.4 Å². The maximum absolute atomic E-state index is 5.57. The van der Waals surface area contributed by atoms with Gasteiger partial charge < -0.3 is 19.6 Å². The van der Waals surface area contributed by atoms with Crippen molar-refractivity contribution in [1.29, 1.82) is 0 Å². The van der Waals surface area contributed by atoms with Crippen molar-refractivity contribution in [3.05, 3.63) is 59.6 Å². The Hall–Kier alpha value is -2.40. The summed E-state index contributed by atoms with van der Waals surface area (Å²) in [5.74, 6) is 2.48. The Labute approximate surface area is 203 Å². The van der Waals surface area contributed by atoms with Crippen molar-refractivity contribution < 1.29 is 4.42 Å². The molecule has 0 amide bonds. The minimum Gasteiger partial charge on any atom is -0.443 e. The van der Waals surface area contributed by atoms with Gasteiger partial charge in [-0.25, -0.2) is 15.0 Å². The number of aryl methyl sites for hydroxylation is 2. The van der Waals surface area contributed by atoms with Crippen LogP contribution in [-0.2, 0) is 13.1 Å². The quantitative estimate of drug-likeness (QED) is 0.142. The van der Waals surface area contributed by atoms with Gasteiger partial charge in [0.25, 0.3) is 0 Å². The average Bonchev–Trinajstić information content (AvgIpc) is 3.49. The Morgan fingerprint density at radius 2 is 2.03 bits per heavy atom. The van der Waals surface area contributed by atoms with E-state index in [1.54, 1.807) is 17.6 Å². The fraction of sp³-hybridized carbons (Fsp3) is 0.318. The SMILES string of the molecule is CCNC(=NCc1coc(-c2cccs2)n1)NCCCn1c(C)nc2ccccc21.I. The molecule has 0 fully saturated rings. The molecular formula is C22H27IN6OS. The van der Waals surface area contributed by atoms with Crippen LogP contribution in [-0.4, -0.2) is 33.6 Å². The van der Waals surface area contributed by atoms with Crippen LogP contribution >= 0.6 is 35.3 Å². The molecule has 0 spiro atoms. The van der Waals surface area contributed by atoms with Crippen LogP contribution in [0.1, 0.15) is 24.9 Å². The van der Waals surface area contributed by atoms with Crippen LogP contribution < -0.4 is 10.6 Å². The highest BCUT2D eigenvalue weighted by atomic mass is 127. The number of hydrogen-bond donors (Lipinski definition) is 2. The average molecular weight is 550 g/mol. The molecule has 0 aliphatic carbocycles. The molecule has 4 rings (SSSR count). The Balaban J connectivity index is 0.00000272. The smallest absolute Gasteiger partial charge is 0.236 e. The second-order valence-corrected chi connectivity index (χ2v) is 7.84. The van der Waals surface area contributed by atoms with Gasteiger partial charge >= 0.3 is 0 Å². The summed E-state index contributed by atoms with van der Waals surface area (Å²) >= 11 is 1.61. The van der Waals surface area contributed by atoms with E-state index in [2.05, 4.69) is 62.2 Å². The summed E-state index contributed by atoms with van der Waals surface area (Å²) in [7, 11) is 0. The van der Waals surface area contributed by atoms with E-state index < -0.39 is 0 Å². The van der Waals surface area contributed by atoms with Gasteiger partial charge in [0.1, 0.15) is 17.8 Å². The molecule has 7 nitrogen and oxygen atoms in total. The second kappa shape index (κ2) is 11.3. The summed E-state index contributed by atoms with van der Waals surface area (Å²) in [6.45, 7) is 7.11. The summed E-state index contributed by atoms with van der Waals surface area (Å²) in [5.41, 5.74) is 3.05. The number of thiophene rings is 1. The van der Waals surface area contributed by atoms with Gasteiger partial charge in [-0.15, -0.1) is 35.3 Å². The molecule has 1 aromatic carbocycles. The lowest BCUT2D eigenvalue weighted by atomic mass is 10.3. The van der Waals surface area contributed by atoms with Gasteiger partial charge in [0.2, 0.25) is 5.89 Å². The van der Waals surface area contributed by atoms with E-state index >= 15 is 0 Å². The summed E-state index contributed by atoms with van der Waals surface area (Å²) < 4.78 is 7.83. The van der Waals surface area contributed by atoms with Crippen LogP contribution in [0.3, 0.4) is 0 Å². The monoisotopic (exact) mass is 550 g/mol. The molecule has 0 atom stereocenters. The van der Waals surface area contributed by atoms with Crippen molar-refractivity contribution in [3.8, 4) is 10.8 Å². The van der Waals surface area contributed by atoms with E-state index in [-0.39, 0.29) is 24.0 Å². The van der Waals surface area contributed by atoms with Crippen LogP contribution in [0.15, 0.2) is 57.5 Å². The molecule has 3 aromatic heterocycles. The Kier molecular flexibility index (Phi) is 8.47. The first-order valence-corrected chi connectivity index (χ1v) is 11.0. The molecule has 31 heavy (non-hydrogen) atoms. The minimum atomic E-state index is 0. The largest absolute Gasteiger partial charge is 0.443 e. The molecule has 0 radical (unpaired) electrons. The molecule has 164 valence electrons. The first-order chi connectivity index (χ1) is 14.7. The third kappa shape index (κ3) is 5.85. The van der Waals surface area contributed by atoms with Crippen molar-refractivity contribution in [2.75, 3.05) is 13.1 Å². The maximum atomic E-state index is 5.57. The normalized spacial score (nSPS) is 11.5. The lowest BCUT2D eigenvalue weighted by molar-refractivity contribution is 0.574. The number of nitrogens with zero attached hydrogens (tertiary/aromatic N) is 4. The van der Waals surface area contributed by atoms with E-state index in [4.69, 9.17) is 4.42 Å². The Morgan fingerprint density at radius 1 is 1.16 bits per heavy atom. The number of nitrogens with one attached hydrogen (secondary N) is 2. The third-order valence-electron chi connectivity index (χ3n) is 4.72. The maximum Gasteiger partial charge on any atom is 0.236 e. The van der Waals surface area contributed by atoms with Crippen molar-refractivity contribution >= 4 is 52.3 Å². The number of benzene rings is 1. The van der Waals surface area contributed by atoms with Gasteiger partial charge in [-0.05, 0) is 43.8 Å². The summed E-state index contributed by atoms with van der Waals surface area (Å²) in [6.07, 6.45) is 2.65. The van der Waals surface area contributed by atoms with Crippen molar-refractivity contribution in [3.63, 3.8) is 0 Å². The minimum absolute atomic E-state index is 0. The predicted octanol–water partition coefficient (Wildman–Crippen LogP) is 4.82. The molecule has 4 aromatic rings. The van der Waals surface area contributed by atoms with Crippen LogP contribution in [0.25, 0.3) is 21.8 Å². The number of imidazole rings is 1. The van der Waals surface area contributed by atoms with Crippen LogP contribution in [0.2, 0.25) is 0 Å². The molecule has 0 aliphatic heterocycles. The lowest BCUT2D eigenvalue weighted by Gasteiger charge is -2.12. The van der Waals surface area contributed by atoms with Crippen molar-refractivity contribution in [2.24, 2.45) is 4.99 Å². The Bertz CT molecular complexity index is 1120. The summed E-state index contributed by atoms with van der Waals surface area (Å²) in [6, 6.07) is 12.3. The summed E-state index contributed by atoms with van der Waals surface area (Å²) in [5, 5.41) is 8.70. The van der Waals surface area contributed by atoms with E-state index in [0.717, 1.165) is 53.9 Å². The van der Waals surface area contributed by atoms with Crippen LogP contribution in [0.5, 0.6) is 0 Å². The number of hydrogen-bond acceptors (Lipinski definition) is 5. The highest BCUT2D eigenvalue weighted by molar-refractivity contribution is 14.0. The fourth-order valence-electron chi connectivity index (χ4n) is 3.32. The summed E-state index contributed by atoms with van der Waals surface area (Å²) in [4.78, 5) is 14.8. The van der Waals surface area contributed by atoms with Gasteiger partial charge in [0.15, 0.2) is 5.96 Å². The van der Waals surface area contributed by atoms with Crippen molar-refractivity contribution in [1.82, 2.24) is 25.2 Å².